The second kappa shape index (κ2) is 14.7. The topological polar surface area (TPSA) is 53.4 Å². The van der Waals surface area contributed by atoms with Crippen LogP contribution in [0.5, 0.6) is 11.5 Å². The van der Waals surface area contributed by atoms with Gasteiger partial charge in [-0.2, -0.15) is 0 Å². The van der Waals surface area contributed by atoms with Crippen LogP contribution in [0.15, 0.2) is 174 Å². The maximum absolute atomic E-state index is 11.3. The summed E-state index contributed by atoms with van der Waals surface area (Å²) in [6.45, 7) is 0. The smallest absolute Gasteiger partial charge is 0.131 e. The largest absolute Gasteiger partial charge is 0.507 e. The number of aromatic hydroxyl groups is 2. The molecule has 234 valence electrons. The molecule has 0 fully saturated rings. The Morgan fingerprint density at radius 3 is 1.17 bits per heavy atom. The highest BCUT2D eigenvalue weighted by molar-refractivity contribution is 7.99. The average molecular weight is 660 g/mol. The fourth-order valence-electron chi connectivity index (χ4n) is 5.85. The lowest BCUT2D eigenvalue weighted by atomic mass is 9.97. The van der Waals surface area contributed by atoms with Gasteiger partial charge in [0.05, 0.1) is 11.4 Å². The monoisotopic (exact) mass is 659 g/mol. The number of phenolic OH excluding ortho intramolecular Hbond substituents is 2. The molecule has 0 aliphatic carbocycles. The molecule has 0 aliphatic heterocycles. The van der Waals surface area contributed by atoms with E-state index < -0.39 is 0 Å². The Morgan fingerprint density at radius 2 is 0.708 bits per heavy atom. The van der Waals surface area contributed by atoms with Crippen molar-refractivity contribution >= 4 is 23.5 Å². The molecule has 3 nitrogen and oxygen atoms in total. The molecule has 0 atom stereocenters. The van der Waals surface area contributed by atoms with Crippen LogP contribution in [0.4, 0.5) is 0 Å². The van der Waals surface area contributed by atoms with E-state index in [1.807, 2.05) is 121 Å². The van der Waals surface area contributed by atoms with Crippen LogP contribution in [-0.2, 0) is 11.5 Å². The lowest BCUT2D eigenvalue weighted by Crippen LogP contribution is -1.94. The van der Waals surface area contributed by atoms with E-state index in [1.54, 1.807) is 23.5 Å². The van der Waals surface area contributed by atoms with E-state index in [1.165, 1.54) is 0 Å². The van der Waals surface area contributed by atoms with Gasteiger partial charge < -0.3 is 10.2 Å². The molecule has 0 amide bonds. The minimum atomic E-state index is 0.286. The molecular formula is C43H33NO2S2. The summed E-state index contributed by atoms with van der Waals surface area (Å²) >= 11 is 3.44. The number of para-hydroxylation sites is 2. The second-order valence-corrected chi connectivity index (χ2v) is 13.4. The predicted octanol–water partition coefficient (Wildman–Crippen LogP) is 11.7. The summed E-state index contributed by atoms with van der Waals surface area (Å²) in [6.07, 6.45) is 0. The van der Waals surface area contributed by atoms with E-state index >= 15 is 0 Å². The van der Waals surface area contributed by atoms with Crippen molar-refractivity contribution in [2.24, 2.45) is 0 Å². The zero-order valence-electron chi connectivity index (χ0n) is 26.2. The highest BCUT2D eigenvalue weighted by Gasteiger charge is 2.16. The number of nitrogens with zero attached hydrogens (tertiary/aromatic N) is 1. The average Bonchev–Trinajstić information content (AvgIpc) is 3.15. The van der Waals surface area contributed by atoms with E-state index in [2.05, 4.69) is 42.5 Å². The molecular weight excluding hydrogens is 627 g/mol. The van der Waals surface area contributed by atoms with Crippen molar-refractivity contribution in [2.45, 2.75) is 21.3 Å². The van der Waals surface area contributed by atoms with Gasteiger partial charge in [-0.05, 0) is 46.5 Å². The van der Waals surface area contributed by atoms with Crippen LogP contribution in [0.1, 0.15) is 11.4 Å². The maximum Gasteiger partial charge on any atom is 0.131 e. The Kier molecular flexibility index (Phi) is 9.60. The van der Waals surface area contributed by atoms with Crippen LogP contribution >= 0.6 is 23.5 Å². The van der Waals surface area contributed by atoms with E-state index in [-0.39, 0.29) is 11.5 Å². The summed E-state index contributed by atoms with van der Waals surface area (Å²) in [6, 6.07) is 54.5. The third-order valence-electron chi connectivity index (χ3n) is 8.21. The first-order valence-corrected chi connectivity index (χ1v) is 17.8. The Bertz CT molecular complexity index is 2020. The molecule has 6 aromatic carbocycles. The number of hydrogen-bond acceptors (Lipinski definition) is 5. The number of phenols is 2. The molecule has 0 unspecified atom stereocenters. The van der Waals surface area contributed by atoms with Crippen molar-refractivity contribution in [2.75, 3.05) is 0 Å². The molecule has 7 aromatic rings. The molecule has 0 aliphatic rings. The molecule has 0 saturated carbocycles. The summed E-state index contributed by atoms with van der Waals surface area (Å²) in [5, 5.41) is 22.7. The molecule has 0 spiro atoms. The van der Waals surface area contributed by atoms with Gasteiger partial charge in [-0.25, -0.2) is 0 Å². The number of aromatic nitrogens is 1. The quantitative estimate of drug-likeness (QED) is 0.143. The van der Waals surface area contributed by atoms with Crippen LogP contribution in [0.25, 0.3) is 44.5 Å². The summed E-state index contributed by atoms with van der Waals surface area (Å²) < 4.78 is 0. The molecule has 1 heterocycles. The van der Waals surface area contributed by atoms with Gasteiger partial charge in [0.1, 0.15) is 11.5 Å². The SMILES string of the molecule is Oc1c(-c2ccccc2)cccc1-c1ccccc1SCc1cccc(CSc2ccccc2-c2cccc(-c3ccccc3)c2O)n1. The maximum atomic E-state index is 11.3. The van der Waals surface area contributed by atoms with Gasteiger partial charge in [0.2, 0.25) is 0 Å². The van der Waals surface area contributed by atoms with E-state index in [4.69, 9.17) is 4.98 Å². The summed E-state index contributed by atoms with van der Waals surface area (Å²) in [7, 11) is 0. The van der Waals surface area contributed by atoms with Crippen molar-refractivity contribution in [1.29, 1.82) is 0 Å². The first-order chi connectivity index (χ1) is 23.7. The number of rotatable bonds is 10. The molecule has 0 bridgehead atoms. The first kappa shape index (κ1) is 31.4. The minimum Gasteiger partial charge on any atom is -0.507 e. The standard InChI is InChI=1S/C43H33NO2S2/c45-42-34(30-14-3-1-4-15-30)22-12-24-38(42)36-20-7-9-26-40(36)47-28-32-18-11-19-33(44-32)29-48-41-27-10-8-21-37(41)39-25-13-23-35(43(39)46)31-16-5-2-6-17-31/h1-27,45-46H,28-29H2. The number of benzene rings is 6. The first-order valence-electron chi connectivity index (χ1n) is 15.8. The Hall–Kier alpha value is -5.23. The van der Waals surface area contributed by atoms with Crippen molar-refractivity contribution in [1.82, 2.24) is 4.98 Å². The van der Waals surface area contributed by atoms with Gasteiger partial charge >= 0.3 is 0 Å². The lowest BCUT2D eigenvalue weighted by molar-refractivity contribution is 0.478. The molecule has 0 saturated heterocycles. The Morgan fingerprint density at radius 1 is 0.354 bits per heavy atom. The van der Waals surface area contributed by atoms with E-state index in [9.17, 15) is 10.2 Å². The van der Waals surface area contributed by atoms with Crippen LogP contribution in [0.3, 0.4) is 0 Å². The van der Waals surface area contributed by atoms with Gasteiger partial charge in [0.25, 0.3) is 0 Å². The molecule has 48 heavy (non-hydrogen) atoms. The third kappa shape index (κ3) is 6.89. The highest BCUT2D eigenvalue weighted by Crippen LogP contribution is 2.43. The van der Waals surface area contributed by atoms with E-state index in [0.717, 1.165) is 65.7 Å². The fourth-order valence-corrected chi connectivity index (χ4v) is 7.79. The summed E-state index contributed by atoms with van der Waals surface area (Å²) in [5.74, 6) is 1.97. The molecule has 7 rings (SSSR count). The van der Waals surface area contributed by atoms with Crippen molar-refractivity contribution < 1.29 is 10.2 Å². The molecule has 2 N–H and O–H groups in total. The zero-order chi connectivity index (χ0) is 32.7. The van der Waals surface area contributed by atoms with Crippen LogP contribution in [0.2, 0.25) is 0 Å². The normalized spacial score (nSPS) is 11.0. The Balaban J connectivity index is 1.08. The highest BCUT2D eigenvalue weighted by atomic mass is 32.2. The third-order valence-corrected chi connectivity index (χ3v) is 10.4. The summed E-state index contributed by atoms with van der Waals surface area (Å²) in [5.41, 5.74) is 9.24. The van der Waals surface area contributed by atoms with E-state index in [0.29, 0.717) is 11.5 Å². The van der Waals surface area contributed by atoms with Crippen LogP contribution in [-0.4, -0.2) is 15.2 Å². The van der Waals surface area contributed by atoms with Gasteiger partial charge in [0.15, 0.2) is 0 Å². The molecule has 0 radical (unpaired) electrons. The fraction of sp³-hybridized carbons (Fsp3) is 0.0465. The van der Waals surface area contributed by atoms with Crippen molar-refractivity contribution in [3.8, 4) is 56.0 Å². The van der Waals surface area contributed by atoms with Crippen molar-refractivity contribution in [3.05, 3.63) is 175 Å². The number of pyridine rings is 1. The number of hydrogen-bond donors (Lipinski definition) is 2. The zero-order valence-corrected chi connectivity index (χ0v) is 27.8. The van der Waals surface area contributed by atoms with Gasteiger partial charge in [-0.15, -0.1) is 23.5 Å². The molecule has 5 heteroatoms. The predicted molar refractivity (Wildman–Crippen MR) is 201 cm³/mol. The minimum absolute atomic E-state index is 0.286. The van der Waals surface area contributed by atoms with Crippen LogP contribution in [0, 0.1) is 0 Å². The Labute approximate surface area is 290 Å². The van der Waals surface area contributed by atoms with Gasteiger partial charge in [-0.3, -0.25) is 4.98 Å². The number of thioether (sulfide) groups is 2. The summed E-state index contributed by atoms with van der Waals surface area (Å²) in [4.78, 5) is 7.19. The van der Waals surface area contributed by atoms with Crippen molar-refractivity contribution in [3.63, 3.8) is 0 Å². The van der Waals surface area contributed by atoms with Gasteiger partial charge in [-0.1, -0.05) is 140 Å². The lowest BCUT2D eigenvalue weighted by Gasteiger charge is -2.14. The van der Waals surface area contributed by atoms with Crippen LogP contribution < -0.4 is 0 Å². The second-order valence-electron chi connectivity index (χ2n) is 11.3. The van der Waals surface area contributed by atoms with Gasteiger partial charge in [0, 0.05) is 43.6 Å². The molecule has 1 aromatic heterocycles.